The summed E-state index contributed by atoms with van der Waals surface area (Å²) in [6, 6.07) is 1.57. The summed E-state index contributed by atoms with van der Waals surface area (Å²) in [4.78, 5) is 0. The third kappa shape index (κ3) is 4.41. The van der Waals surface area contributed by atoms with Gasteiger partial charge in [0.15, 0.2) is 0 Å². The van der Waals surface area contributed by atoms with Gasteiger partial charge in [-0.3, -0.25) is 0 Å². The van der Waals surface area contributed by atoms with Crippen molar-refractivity contribution in [1.82, 2.24) is 0 Å². The Morgan fingerprint density at radius 2 is 1.53 bits per heavy atom. The van der Waals surface area contributed by atoms with Crippen LogP contribution in [0.25, 0.3) is 0 Å². The lowest BCUT2D eigenvalue weighted by Gasteiger charge is -2.15. The molecule has 1 radical (unpaired) electrons. The second-order valence-electron chi connectivity index (χ2n) is 4.03. The van der Waals surface area contributed by atoms with Crippen molar-refractivity contribution < 1.29 is 31.4 Å². The van der Waals surface area contributed by atoms with Gasteiger partial charge in [-0.15, -0.1) is 0 Å². The molecule has 1 aromatic carbocycles. The third-order valence-corrected chi connectivity index (χ3v) is 2.58. The highest BCUT2D eigenvalue weighted by atomic mass is 19.4. The number of halogens is 6. The van der Waals surface area contributed by atoms with Gasteiger partial charge >= 0.3 is 12.4 Å². The highest BCUT2D eigenvalue weighted by Crippen LogP contribution is 2.37. The molecule has 107 valence electrons. The van der Waals surface area contributed by atoms with E-state index in [1.165, 1.54) is 0 Å². The summed E-state index contributed by atoms with van der Waals surface area (Å²) in [5.74, 6) is 0. The standard InChI is InChI=1S/C12H11F6O/c13-11(14,15)9-5-4-8(3-1-2-6-19)10(7-9)12(16,17)18/h4-5,7H,1-3,6H2. The molecule has 19 heavy (non-hydrogen) atoms. The van der Waals surface area contributed by atoms with Crippen molar-refractivity contribution in [2.75, 3.05) is 6.61 Å². The first-order chi connectivity index (χ1) is 8.66. The average molecular weight is 285 g/mol. The van der Waals surface area contributed by atoms with Gasteiger partial charge in [0.25, 0.3) is 0 Å². The SMILES string of the molecule is [O]CCCCc1ccc(C(F)(F)F)cc1C(F)(F)F. The van der Waals surface area contributed by atoms with Crippen LogP contribution in [0, 0.1) is 0 Å². The molecule has 0 saturated carbocycles. The summed E-state index contributed by atoms with van der Waals surface area (Å²) < 4.78 is 75.2. The minimum absolute atomic E-state index is 0.0603. The molecule has 0 fully saturated rings. The fourth-order valence-electron chi connectivity index (χ4n) is 1.65. The molecule has 0 unspecified atom stereocenters. The van der Waals surface area contributed by atoms with E-state index in [9.17, 15) is 31.4 Å². The van der Waals surface area contributed by atoms with Crippen molar-refractivity contribution in [2.24, 2.45) is 0 Å². The molecular formula is C12H11F6O. The smallest absolute Gasteiger partial charge is 0.237 e. The third-order valence-electron chi connectivity index (χ3n) is 2.58. The molecule has 7 heteroatoms. The predicted molar refractivity (Wildman–Crippen MR) is 54.9 cm³/mol. The van der Waals surface area contributed by atoms with Gasteiger partial charge < -0.3 is 0 Å². The van der Waals surface area contributed by atoms with Gasteiger partial charge in [0.2, 0.25) is 0 Å². The lowest BCUT2D eigenvalue weighted by molar-refractivity contribution is -0.143. The molecule has 0 bridgehead atoms. The Balaban J connectivity index is 3.11. The Bertz CT molecular complexity index is 421. The van der Waals surface area contributed by atoms with Crippen molar-refractivity contribution in [3.05, 3.63) is 34.9 Å². The number of hydrogen-bond acceptors (Lipinski definition) is 0. The molecule has 1 nitrogen and oxygen atoms in total. The molecule has 1 rings (SSSR count). The van der Waals surface area contributed by atoms with Gasteiger partial charge in [-0.1, -0.05) is 6.07 Å². The van der Waals surface area contributed by atoms with E-state index in [-0.39, 0.29) is 30.9 Å². The molecule has 1 aromatic rings. The molecular weight excluding hydrogens is 274 g/mol. The van der Waals surface area contributed by atoms with Crippen LogP contribution in [-0.4, -0.2) is 6.61 Å². The zero-order chi connectivity index (χ0) is 14.7. The maximum absolute atomic E-state index is 12.7. The second kappa shape index (κ2) is 5.81. The first-order valence-electron chi connectivity index (χ1n) is 5.51. The van der Waals surface area contributed by atoms with Crippen molar-refractivity contribution in [2.45, 2.75) is 31.6 Å². The van der Waals surface area contributed by atoms with Crippen LogP contribution < -0.4 is 0 Å². The summed E-state index contributed by atoms with van der Waals surface area (Å²) in [7, 11) is 0. The Morgan fingerprint density at radius 3 is 2.00 bits per heavy atom. The van der Waals surface area contributed by atoms with Crippen LogP contribution in [0.4, 0.5) is 26.3 Å². The van der Waals surface area contributed by atoms with E-state index in [1.807, 2.05) is 0 Å². The molecule has 0 heterocycles. The van der Waals surface area contributed by atoms with E-state index < -0.39 is 30.1 Å². The minimum Gasteiger partial charge on any atom is -0.237 e. The Hall–Kier alpha value is -1.24. The van der Waals surface area contributed by atoms with Crippen LogP contribution in [0.2, 0.25) is 0 Å². The molecule has 0 aromatic heterocycles. The van der Waals surface area contributed by atoms with Crippen molar-refractivity contribution in [3.63, 3.8) is 0 Å². The molecule has 0 N–H and O–H groups in total. The van der Waals surface area contributed by atoms with Crippen molar-refractivity contribution in [1.29, 1.82) is 0 Å². The molecule has 0 amide bonds. The van der Waals surface area contributed by atoms with Crippen LogP contribution in [0.5, 0.6) is 0 Å². The Kier molecular flexibility index (Phi) is 4.84. The van der Waals surface area contributed by atoms with E-state index in [0.717, 1.165) is 6.07 Å². The van der Waals surface area contributed by atoms with E-state index in [2.05, 4.69) is 0 Å². The zero-order valence-corrected chi connectivity index (χ0v) is 9.74. The largest absolute Gasteiger partial charge is 0.416 e. The monoisotopic (exact) mass is 285 g/mol. The van der Waals surface area contributed by atoms with Gasteiger partial charge in [-0.05, 0) is 37.0 Å². The molecule has 0 aliphatic rings. The Morgan fingerprint density at radius 1 is 0.895 bits per heavy atom. The van der Waals surface area contributed by atoms with Gasteiger partial charge in [0, 0.05) is 0 Å². The quantitative estimate of drug-likeness (QED) is 0.574. The van der Waals surface area contributed by atoms with Crippen molar-refractivity contribution >= 4 is 0 Å². The molecule has 0 atom stereocenters. The summed E-state index contributed by atoms with van der Waals surface area (Å²) in [5.41, 5.74) is -2.82. The summed E-state index contributed by atoms with van der Waals surface area (Å²) >= 11 is 0. The average Bonchev–Trinajstić information content (AvgIpc) is 2.27. The summed E-state index contributed by atoms with van der Waals surface area (Å²) in [5, 5.41) is 10.2. The van der Waals surface area contributed by atoms with Crippen LogP contribution in [-0.2, 0) is 23.9 Å². The molecule has 0 aliphatic carbocycles. The van der Waals surface area contributed by atoms with Gasteiger partial charge in [0.1, 0.15) is 0 Å². The van der Waals surface area contributed by atoms with Crippen LogP contribution in [0.15, 0.2) is 18.2 Å². The van der Waals surface area contributed by atoms with Gasteiger partial charge in [0.05, 0.1) is 17.7 Å². The number of alkyl halides is 6. The summed E-state index contributed by atoms with van der Waals surface area (Å²) in [6.07, 6.45) is -9.30. The lowest BCUT2D eigenvalue weighted by Crippen LogP contribution is -2.13. The zero-order valence-electron chi connectivity index (χ0n) is 9.74. The van der Waals surface area contributed by atoms with E-state index in [0.29, 0.717) is 6.07 Å². The lowest BCUT2D eigenvalue weighted by atomic mass is 9.98. The minimum atomic E-state index is -4.84. The van der Waals surface area contributed by atoms with Crippen molar-refractivity contribution in [3.8, 4) is 0 Å². The van der Waals surface area contributed by atoms with Crippen LogP contribution in [0.1, 0.15) is 29.5 Å². The first-order valence-corrected chi connectivity index (χ1v) is 5.51. The molecule has 0 spiro atoms. The maximum Gasteiger partial charge on any atom is 0.416 e. The second-order valence-corrected chi connectivity index (χ2v) is 4.03. The van der Waals surface area contributed by atoms with E-state index in [1.54, 1.807) is 0 Å². The number of unbranched alkanes of at least 4 members (excludes halogenated alkanes) is 1. The normalized spacial score (nSPS) is 12.8. The van der Waals surface area contributed by atoms with Gasteiger partial charge in [-0.2, -0.15) is 26.3 Å². The molecule has 0 aliphatic heterocycles. The Labute approximate surface area is 105 Å². The maximum atomic E-state index is 12.7. The fourth-order valence-corrected chi connectivity index (χ4v) is 1.65. The number of hydrogen-bond donors (Lipinski definition) is 0. The topological polar surface area (TPSA) is 19.9 Å². The van der Waals surface area contributed by atoms with Gasteiger partial charge in [-0.25, -0.2) is 5.11 Å². The highest BCUT2D eigenvalue weighted by Gasteiger charge is 2.37. The fraction of sp³-hybridized carbons (Fsp3) is 0.500. The van der Waals surface area contributed by atoms with E-state index in [4.69, 9.17) is 0 Å². The predicted octanol–water partition coefficient (Wildman–Crippen LogP) is 4.48. The number of rotatable bonds is 4. The highest BCUT2D eigenvalue weighted by molar-refractivity contribution is 5.35. The van der Waals surface area contributed by atoms with Crippen LogP contribution in [0.3, 0.4) is 0 Å². The van der Waals surface area contributed by atoms with E-state index >= 15 is 0 Å². The number of benzene rings is 1. The molecule has 0 saturated heterocycles. The first kappa shape index (κ1) is 15.8. The summed E-state index contributed by atoms with van der Waals surface area (Å²) in [6.45, 7) is -0.415. The number of aryl methyl sites for hydroxylation is 1. The van der Waals surface area contributed by atoms with Crippen LogP contribution >= 0.6 is 0 Å².